The van der Waals surface area contributed by atoms with Crippen LogP contribution in [0.15, 0.2) is 18.5 Å². The second kappa shape index (κ2) is 4.84. The molecule has 0 amide bonds. The van der Waals surface area contributed by atoms with E-state index in [9.17, 15) is 4.79 Å². The molecule has 1 aromatic rings. The first-order valence-electron chi connectivity index (χ1n) is 6.14. The summed E-state index contributed by atoms with van der Waals surface area (Å²) in [6.45, 7) is 3.88. The van der Waals surface area contributed by atoms with Gasteiger partial charge in [0.15, 0.2) is 5.78 Å². The number of carbonyl (C=O) groups excluding carboxylic acids is 1. The molecule has 4 heteroatoms. The van der Waals surface area contributed by atoms with Gasteiger partial charge in [0.05, 0.1) is 5.56 Å². The number of nitrogen functional groups attached to an aromatic ring is 1. The zero-order valence-electron chi connectivity index (χ0n) is 10.2. The fraction of sp³-hybridized carbons (Fsp3) is 0.538. The molecule has 17 heavy (non-hydrogen) atoms. The van der Waals surface area contributed by atoms with Gasteiger partial charge < -0.3 is 11.1 Å². The topological polar surface area (TPSA) is 68.0 Å². The lowest BCUT2D eigenvalue weighted by molar-refractivity contribution is 0.0718. The number of nitrogens with zero attached hydrogens (tertiary/aromatic N) is 1. The van der Waals surface area contributed by atoms with Gasteiger partial charge in [-0.25, -0.2) is 0 Å². The van der Waals surface area contributed by atoms with E-state index in [0.29, 0.717) is 11.3 Å². The van der Waals surface area contributed by atoms with Gasteiger partial charge in [-0.1, -0.05) is 6.92 Å². The first-order valence-corrected chi connectivity index (χ1v) is 6.14. The molecule has 1 aromatic heterocycles. The second-order valence-corrected chi connectivity index (χ2v) is 4.68. The molecule has 0 radical (unpaired) electrons. The number of aromatic nitrogens is 1. The molecular weight excluding hydrogens is 214 g/mol. The van der Waals surface area contributed by atoms with Crippen LogP contribution in [-0.2, 0) is 0 Å². The predicted octanol–water partition coefficient (Wildman–Crippen LogP) is 1.63. The molecule has 0 bridgehead atoms. The van der Waals surface area contributed by atoms with E-state index in [0.717, 1.165) is 32.4 Å². The largest absolute Gasteiger partial charge is 0.398 e. The van der Waals surface area contributed by atoms with Gasteiger partial charge in [-0.05, 0) is 38.4 Å². The Balaban J connectivity index is 2.32. The molecule has 4 nitrogen and oxygen atoms in total. The zero-order chi connectivity index (χ0) is 12.3. The smallest absolute Gasteiger partial charge is 0.172 e. The Morgan fingerprint density at radius 3 is 2.82 bits per heavy atom. The Morgan fingerprint density at radius 1 is 1.53 bits per heavy atom. The van der Waals surface area contributed by atoms with E-state index in [4.69, 9.17) is 5.73 Å². The van der Waals surface area contributed by atoms with Crippen LogP contribution in [0.5, 0.6) is 0 Å². The van der Waals surface area contributed by atoms with Crippen LogP contribution in [0, 0.1) is 5.41 Å². The average molecular weight is 233 g/mol. The number of hydrogen-bond acceptors (Lipinski definition) is 4. The fourth-order valence-electron chi connectivity index (χ4n) is 2.53. The standard InChI is InChI=1S/C13H19N3O/c1-2-13(4-7-15-8-5-13)12(17)10-9-16-6-3-11(10)14/h3,6,9,15H,2,4-5,7-8H2,1H3,(H2,14,16). The van der Waals surface area contributed by atoms with Gasteiger partial charge in [-0.15, -0.1) is 0 Å². The minimum absolute atomic E-state index is 0.159. The molecular formula is C13H19N3O. The molecule has 2 heterocycles. The van der Waals surface area contributed by atoms with E-state index >= 15 is 0 Å². The zero-order valence-corrected chi connectivity index (χ0v) is 10.2. The molecule has 0 saturated carbocycles. The van der Waals surface area contributed by atoms with Gasteiger partial charge in [-0.3, -0.25) is 9.78 Å². The van der Waals surface area contributed by atoms with E-state index in [1.54, 1.807) is 18.5 Å². The van der Waals surface area contributed by atoms with Crippen LogP contribution in [0.4, 0.5) is 5.69 Å². The first kappa shape index (κ1) is 12.0. The van der Waals surface area contributed by atoms with Gasteiger partial charge in [0.2, 0.25) is 0 Å². The van der Waals surface area contributed by atoms with Crippen LogP contribution >= 0.6 is 0 Å². The lowest BCUT2D eigenvalue weighted by Gasteiger charge is -2.35. The molecule has 3 N–H and O–H groups in total. The summed E-state index contributed by atoms with van der Waals surface area (Å²) < 4.78 is 0. The minimum Gasteiger partial charge on any atom is -0.398 e. The molecule has 1 saturated heterocycles. The summed E-state index contributed by atoms with van der Waals surface area (Å²) in [5, 5.41) is 3.30. The molecule has 0 unspecified atom stereocenters. The summed E-state index contributed by atoms with van der Waals surface area (Å²) in [5.74, 6) is 0.159. The predicted molar refractivity (Wildman–Crippen MR) is 67.8 cm³/mol. The number of Topliss-reactive ketones (excluding diaryl/α,β-unsaturated/α-hetero) is 1. The summed E-state index contributed by atoms with van der Waals surface area (Å²) in [7, 11) is 0. The van der Waals surface area contributed by atoms with Gasteiger partial charge in [-0.2, -0.15) is 0 Å². The van der Waals surface area contributed by atoms with Crippen molar-refractivity contribution in [1.82, 2.24) is 10.3 Å². The van der Waals surface area contributed by atoms with Crippen molar-refractivity contribution in [3.05, 3.63) is 24.0 Å². The summed E-state index contributed by atoms with van der Waals surface area (Å²) in [6, 6.07) is 1.69. The number of pyridine rings is 1. The summed E-state index contributed by atoms with van der Waals surface area (Å²) >= 11 is 0. The maximum Gasteiger partial charge on any atom is 0.172 e. The first-order chi connectivity index (χ1) is 8.19. The van der Waals surface area contributed by atoms with E-state index < -0.39 is 0 Å². The van der Waals surface area contributed by atoms with Crippen LogP contribution in [-0.4, -0.2) is 23.9 Å². The van der Waals surface area contributed by atoms with Gasteiger partial charge >= 0.3 is 0 Å². The van der Waals surface area contributed by atoms with E-state index in [2.05, 4.69) is 17.2 Å². The molecule has 92 valence electrons. The third kappa shape index (κ3) is 2.17. The maximum atomic E-state index is 12.6. The number of nitrogens with one attached hydrogen (secondary N) is 1. The molecule has 1 fully saturated rings. The Bertz CT molecular complexity index is 411. The fourth-order valence-corrected chi connectivity index (χ4v) is 2.53. The van der Waals surface area contributed by atoms with Crippen molar-refractivity contribution in [2.24, 2.45) is 5.41 Å². The highest BCUT2D eigenvalue weighted by atomic mass is 16.1. The maximum absolute atomic E-state index is 12.6. The molecule has 1 aliphatic heterocycles. The highest BCUT2D eigenvalue weighted by molar-refractivity contribution is 6.04. The monoisotopic (exact) mass is 233 g/mol. The number of nitrogens with two attached hydrogens (primary N) is 1. The quantitative estimate of drug-likeness (QED) is 0.779. The Labute approximate surface area is 102 Å². The number of piperidine rings is 1. The SMILES string of the molecule is CCC1(C(=O)c2cnccc2N)CCNCC1. The Hall–Kier alpha value is -1.42. The van der Waals surface area contributed by atoms with Gasteiger partial charge in [0.25, 0.3) is 0 Å². The normalized spacial score (nSPS) is 18.9. The third-order valence-corrected chi connectivity index (χ3v) is 3.82. The Kier molecular flexibility index (Phi) is 3.43. The highest BCUT2D eigenvalue weighted by Crippen LogP contribution is 2.37. The van der Waals surface area contributed by atoms with Crippen molar-refractivity contribution in [2.45, 2.75) is 26.2 Å². The van der Waals surface area contributed by atoms with Crippen LogP contribution < -0.4 is 11.1 Å². The van der Waals surface area contributed by atoms with E-state index in [1.807, 2.05) is 0 Å². The summed E-state index contributed by atoms with van der Waals surface area (Å²) in [5.41, 5.74) is 6.74. The Morgan fingerprint density at radius 2 is 2.24 bits per heavy atom. The van der Waals surface area contributed by atoms with Crippen molar-refractivity contribution < 1.29 is 4.79 Å². The molecule has 0 atom stereocenters. The van der Waals surface area contributed by atoms with Crippen LogP contribution in [0.25, 0.3) is 0 Å². The summed E-state index contributed by atoms with van der Waals surface area (Å²) in [6.07, 6.45) is 5.85. The molecule has 1 aliphatic rings. The van der Waals surface area contributed by atoms with Crippen molar-refractivity contribution in [3.8, 4) is 0 Å². The average Bonchev–Trinajstić information content (AvgIpc) is 2.39. The minimum atomic E-state index is -0.248. The van der Waals surface area contributed by atoms with E-state index in [-0.39, 0.29) is 11.2 Å². The molecule has 0 aromatic carbocycles. The summed E-state index contributed by atoms with van der Waals surface area (Å²) in [4.78, 5) is 16.6. The number of hydrogen-bond donors (Lipinski definition) is 2. The van der Waals surface area contributed by atoms with Crippen LogP contribution in [0.3, 0.4) is 0 Å². The van der Waals surface area contributed by atoms with Gasteiger partial charge in [0, 0.05) is 23.5 Å². The third-order valence-electron chi connectivity index (χ3n) is 3.82. The number of rotatable bonds is 3. The molecule has 2 rings (SSSR count). The van der Waals surface area contributed by atoms with Crippen molar-refractivity contribution in [1.29, 1.82) is 0 Å². The van der Waals surface area contributed by atoms with Crippen molar-refractivity contribution in [3.63, 3.8) is 0 Å². The molecule has 0 spiro atoms. The van der Waals surface area contributed by atoms with Gasteiger partial charge in [0.1, 0.15) is 0 Å². The van der Waals surface area contributed by atoms with E-state index in [1.165, 1.54) is 0 Å². The number of carbonyl (C=O) groups is 1. The number of ketones is 1. The van der Waals surface area contributed by atoms with Crippen LogP contribution in [0.1, 0.15) is 36.5 Å². The number of anilines is 1. The lowest BCUT2D eigenvalue weighted by atomic mass is 9.71. The van der Waals surface area contributed by atoms with Crippen molar-refractivity contribution in [2.75, 3.05) is 18.8 Å². The van der Waals surface area contributed by atoms with Crippen LogP contribution in [0.2, 0.25) is 0 Å². The van der Waals surface area contributed by atoms with Crippen molar-refractivity contribution >= 4 is 11.5 Å². The lowest BCUT2D eigenvalue weighted by Crippen LogP contribution is -2.42. The molecule has 0 aliphatic carbocycles. The highest BCUT2D eigenvalue weighted by Gasteiger charge is 2.38. The second-order valence-electron chi connectivity index (χ2n) is 4.68.